The van der Waals surface area contributed by atoms with E-state index in [2.05, 4.69) is 10.0 Å². The second kappa shape index (κ2) is 10.4. The highest BCUT2D eigenvalue weighted by Gasteiger charge is 2.20. The molecule has 34 heavy (non-hydrogen) atoms. The molecule has 0 aliphatic heterocycles. The van der Waals surface area contributed by atoms with Crippen molar-refractivity contribution in [3.8, 4) is 0 Å². The van der Waals surface area contributed by atoms with E-state index >= 15 is 0 Å². The fraction of sp³-hybridized carbons (Fsp3) is 0.208. The summed E-state index contributed by atoms with van der Waals surface area (Å²) in [5, 5.41) is 13.9. The van der Waals surface area contributed by atoms with Gasteiger partial charge in [-0.15, -0.1) is 0 Å². The number of carbonyl (C=O) groups excluding carboxylic acids is 1. The van der Waals surface area contributed by atoms with Crippen molar-refractivity contribution in [3.05, 3.63) is 93.5 Å². The second-order valence-electron chi connectivity index (χ2n) is 7.90. The average Bonchev–Trinajstić information content (AvgIpc) is 2.78. The third-order valence-electron chi connectivity index (χ3n) is 4.86. The van der Waals surface area contributed by atoms with Crippen LogP contribution in [0.4, 0.5) is 17.1 Å². The lowest BCUT2D eigenvalue weighted by molar-refractivity contribution is -0.385. The molecule has 1 amide bonds. The first-order chi connectivity index (χ1) is 16.0. The smallest absolute Gasteiger partial charge is 0.273 e. The highest BCUT2D eigenvalue weighted by atomic mass is 32.2. The van der Waals surface area contributed by atoms with Crippen LogP contribution in [0.15, 0.2) is 71.6 Å². The molecule has 0 atom stereocenters. The van der Waals surface area contributed by atoms with Crippen molar-refractivity contribution in [2.24, 2.45) is 0 Å². The van der Waals surface area contributed by atoms with E-state index in [0.717, 1.165) is 11.6 Å². The minimum Gasteiger partial charge on any atom is -0.374 e. The predicted octanol–water partition coefficient (Wildman–Crippen LogP) is 4.88. The number of ether oxygens (including phenoxy) is 1. The highest BCUT2D eigenvalue weighted by molar-refractivity contribution is 7.92. The Bertz CT molecular complexity index is 1300. The third-order valence-corrected chi connectivity index (χ3v) is 6.23. The van der Waals surface area contributed by atoms with Crippen molar-refractivity contribution in [3.63, 3.8) is 0 Å². The summed E-state index contributed by atoms with van der Waals surface area (Å²) in [7, 11) is -4.05. The van der Waals surface area contributed by atoms with Gasteiger partial charge in [0.05, 0.1) is 22.5 Å². The quantitative estimate of drug-likeness (QED) is 0.330. The van der Waals surface area contributed by atoms with Crippen LogP contribution in [0, 0.1) is 17.0 Å². The topological polar surface area (TPSA) is 128 Å². The van der Waals surface area contributed by atoms with E-state index < -0.39 is 14.9 Å². The number of hydrogen-bond donors (Lipinski definition) is 2. The van der Waals surface area contributed by atoms with Gasteiger partial charge in [0, 0.05) is 28.6 Å². The number of nitro groups is 1. The van der Waals surface area contributed by atoms with Crippen LogP contribution >= 0.6 is 0 Å². The van der Waals surface area contributed by atoms with Gasteiger partial charge in [-0.05, 0) is 68.8 Å². The summed E-state index contributed by atoms with van der Waals surface area (Å²) in [4.78, 5) is 22.9. The Labute approximate surface area is 198 Å². The van der Waals surface area contributed by atoms with Gasteiger partial charge in [-0.25, -0.2) is 8.42 Å². The Morgan fingerprint density at radius 2 is 1.74 bits per heavy atom. The monoisotopic (exact) mass is 483 g/mol. The number of rotatable bonds is 9. The van der Waals surface area contributed by atoms with E-state index in [-0.39, 0.29) is 28.3 Å². The zero-order valence-corrected chi connectivity index (χ0v) is 19.8. The zero-order chi connectivity index (χ0) is 24.9. The Hall–Kier alpha value is -3.76. The molecular weight excluding hydrogens is 458 g/mol. The summed E-state index contributed by atoms with van der Waals surface area (Å²) in [5.41, 5.74) is 2.16. The fourth-order valence-electron chi connectivity index (χ4n) is 3.06. The first kappa shape index (κ1) is 24.9. The lowest BCUT2D eigenvalue weighted by atomic mass is 10.1. The maximum Gasteiger partial charge on any atom is 0.273 e. The van der Waals surface area contributed by atoms with Crippen LogP contribution in [0.1, 0.15) is 35.3 Å². The first-order valence-corrected chi connectivity index (χ1v) is 11.9. The summed E-state index contributed by atoms with van der Waals surface area (Å²) in [6.45, 7) is 5.85. The number of hydrogen-bond acceptors (Lipinski definition) is 6. The van der Waals surface area contributed by atoms with Gasteiger partial charge in [0.15, 0.2) is 0 Å². The lowest BCUT2D eigenvalue weighted by Crippen LogP contribution is -2.14. The van der Waals surface area contributed by atoms with Crippen LogP contribution in [-0.4, -0.2) is 25.4 Å². The second-order valence-corrected chi connectivity index (χ2v) is 9.58. The van der Waals surface area contributed by atoms with Crippen molar-refractivity contribution < 1.29 is 22.9 Å². The van der Waals surface area contributed by atoms with Crippen molar-refractivity contribution in [2.45, 2.75) is 38.4 Å². The average molecular weight is 484 g/mol. The summed E-state index contributed by atoms with van der Waals surface area (Å²) in [6, 6.07) is 16.9. The van der Waals surface area contributed by atoms with Gasteiger partial charge in [-0.2, -0.15) is 0 Å². The molecule has 0 saturated carbocycles. The molecule has 3 aromatic carbocycles. The normalized spacial score (nSPS) is 11.3. The maximum absolute atomic E-state index is 12.7. The summed E-state index contributed by atoms with van der Waals surface area (Å²) >= 11 is 0. The molecule has 0 heterocycles. The molecule has 0 aliphatic rings. The number of sulfonamides is 1. The van der Waals surface area contributed by atoms with E-state index in [1.54, 1.807) is 6.07 Å². The summed E-state index contributed by atoms with van der Waals surface area (Å²) in [6.07, 6.45) is 0.0929. The molecule has 2 N–H and O–H groups in total. The molecule has 3 aromatic rings. The largest absolute Gasteiger partial charge is 0.374 e. The Morgan fingerprint density at radius 1 is 1.03 bits per heavy atom. The number of aryl methyl sites for hydroxylation is 1. The number of benzene rings is 3. The van der Waals surface area contributed by atoms with Gasteiger partial charge in [0.2, 0.25) is 0 Å². The Kier molecular flexibility index (Phi) is 7.64. The SMILES string of the molecule is Cc1ccc(S(=O)(=O)Nc2ccc(C(=O)Nc3cccc(COC(C)C)c3)cc2)cc1[N+](=O)[O-]. The van der Waals surface area contributed by atoms with Crippen molar-refractivity contribution in [1.29, 1.82) is 0 Å². The lowest BCUT2D eigenvalue weighted by Gasteiger charge is -2.11. The molecule has 0 aromatic heterocycles. The Balaban J connectivity index is 1.69. The van der Waals surface area contributed by atoms with Crippen molar-refractivity contribution in [1.82, 2.24) is 0 Å². The molecule has 10 heteroatoms. The number of amides is 1. The minimum atomic E-state index is -4.05. The molecule has 0 fully saturated rings. The maximum atomic E-state index is 12.7. The van der Waals surface area contributed by atoms with Crippen LogP contribution in [-0.2, 0) is 21.4 Å². The molecule has 3 rings (SSSR count). The van der Waals surface area contributed by atoms with Crippen LogP contribution in [0.2, 0.25) is 0 Å². The van der Waals surface area contributed by atoms with Gasteiger partial charge in [-0.1, -0.05) is 18.2 Å². The zero-order valence-electron chi connectivity index (χ0n) is 18.9. The third kappa shape index (κ3) is 6.40. The summed E-state index contributed by atoms with van der Waals surface area (Å²) < 4.78 is 33.3. The van der Waals surface area contributed by atoms with E-state index in [0.29, 0.717) is 23.4 Å². The van der Waals surface area contributed by atoms with Crippen LogP contribution in [0.3, 0.4) is 0 Å². The van der Waals surface area contributed by atoms with E-state index in [1.165, 1.54) is 43.3 Å². The van der Waals surface area contributed by atoms with Crippen molar-refractivity contribution >= 4 is 33.0 Å². The Morgan fingerprint density at radius 3 is 2.38 bits per heavy atom. The summed E-state index contributed by atoms with van der Waals surface area (Å²) in [5.74, 6) is -0.356. The molecule has 0 spiro atoms. The predicted molar refractivity (Wildman–Crippen MR) is 129 cm³/mol. The van der Waals surface area contributed by atoms with Gasteiger partial charge < -0.3 is 10.1 Å². The molecule has 9 nitrogen and oxygen atoms in total. The van der Waals surface area contributed by atoms with Gasteiger partial charge >= 0.3 is 0 Å². The van der Waals surface area contributed by atoms with Crippen LogP contribution < -0.4 is 10.0 Å². The highest BCUT2D eigenvalue weighted by Crippen LogP contribution is 2.24. The molecule has 0 unspecified atom stereocenters. The van der Waals surface area contributed by atoms with Crippen molar-refractivity contribution in [2.75, 3.05) is 10.0 Å². The standard InChI is InChI=1S/C24H25N3O6S/c1-16(2)33-15-18-5-4-6-21(13-18)25-24(28)19-8-10-20(11-9-19)26-34(31,32)22-12-7-17(3)23(14-22)27(29)30/h4-14,16,26H,15H2,1-3H3,(H,25,28). The molecule has 178 valence electrons. The van der Waals surface area contributed by atoms with E-state index in [1.807, 2.05) is 32.0 Å². The molecule has 0 bridgehead atoms. The van der Waals surface area contributed by atoms with Crippen LogP contribution in [0.5, 0.6) is 0 Å². The number of nitro benzene ring substituents is 1. The van der Waals surface area contributed by atoms with Gasteiger partial charge in [-0.3, -0.25) is 19.6 Å². The molecule has 0 saturated heterocycles. The van der Waals surface area contributed by atoms with Crippen LogP contribution in [0.25, 0.3) is 0 Å². The number of carbonyl (C=O) groups is 1. The number of anilines is 2. The molecular formula is C24H25N3O6S. The molecule has 0 aliphatic carbocycles. The van der Waals surface area contributed by atoms with E-state index in [9.17, 15) is 23.3 Å². The number of nitrogens with one attached hydrogen (secondary N) is 2. The minimum absolute atomic E-state index is 0.0929. The number of nitrogens with zero attached hydrogens (tertiary/aromatic N) is 1. The first-order valence-electron chi connectivity index (χ1n) is 10.4. The fourth-order valence-corrected chi connectivity index (χ4v) is 4.14. The molecule has 0 radical (unpaired) electrons. The van der Waals surface area contributed by atoms with E-state index in [4.69, 9.17) is 4.74 Å². The van der Waals surface area contributed by atoms with Gasteiger partial charge in [0.25, 0.3) is 21.6 Å². The van der Waals surface area contributed by atoms with Gasteiger partial charge in [0.1, 0.15) is 0 Å².